The van der Waals surface area contributed by atoms with Crippen LogP contribution in [0.4, 0.5) is 0 Å². The maximum atomic E-state index is 5.47. The van der Waals surface area contributed by atoms with Crippen LogP contribution in [0.15, 0.2) is 72.0 Å². The van der Waals surface area contributed by atoms with Gasteiger partial charge in [-0.3, -0.25) is 4.99 Å². The Labute approximate surface area is 195 Å². The van der Waals surface area contributed by atoms with Crippen LogP contribution in [0.3, 0.4) is 0 Å². The fourth-order valence-corrected chi connectivity index (χ4v) is 3.22. The van der Waals surface area contributed by atoms with Crippen molar-refractivity contribution in [3.05, 3.63) is 78.1 Å². The van der Waals surface area contributed by atoms with Crippen LogP contribution in [0.5, 0.6) is 5.75 Å². The first kappa shape index (κ1) is 23.7. The summed E-state index contributed by atoms with van der Waals surface area (Å²) in [4.78, 5) is 4.33. The Balaban J connectivity index is 0.00000320. The lowest BCUT2D eigenvalue weighted by Crippen LogP contribution is -2.39. The molecule has 160 valence electrons. The predicted octanol–water partition coefficient (Wildman–Crippen LogP) is 4.01. The van der Waals surface area contributed by atoms with Crippen molar-refractivity contribution >= 4 is 29.9 Å². The number of methoxy groups -OCH3 is 1. The molecule has 0 aliphatic rings. The maximum absolute atomic E-state index is 5.47. The zero-order chi connectivity index (χ0) is 20.5. The lowest BCUT2D eigenvalue weighted by atomic mass is 10.0. The molecule has 0 radical (unpaired) electrons. The molecule has 2 N–H and O–H groups in total. The molecule has 30 heavy (non-hydrogen) atoms. The Morgan fingerprint density at radius 2 is 1.87 bits per heavy atom. The molecule has 1 aromatic heterocycles. The number of hydrogen-bond acceptors (Lipinski definition) is 3. The highest BCUT2D eigenvalue weighted by Crippen LogP contribution is 2.25. The van der Waals surface area contributed by atoms with E-state index in [-0.39, 0.29) is 24.0 Å². The largest absolute Gasteiger partial charge is 0.496 e. The summed E-state index contributed by atoms with van der Waals surface area (Å²) in [6.45, 7) is 3.77. The van der Waals surface area contributed by atoms with Gasteiger partial charge >= 0.3 is 0 Å². The molecule has 0 amide bonds. The van der Waals surface area contributed by atoms with Crippen LogP contribution in [0.25, 0.3) is 5.69 Å². The molecule has 0 saturated carbocycles. The average molecular weight is 519 g/mol. The van der Waals surface area contributed by atoms with E-state index in [2.05, 4.69) is 58.0 Å². The van der Waals surface area contributed by atoms with E-state index in [0.717, 1.165) is 36.9 Å². The predicted molar refractivity (Wildman–Crippen MR) is 133 cm³/mol. The number of aliphatic imine (C=N–C) groups is 1. The van der Waals surface area contributed by atoms with Gasteiger partial charge in [-0.25, -0.2) is 4.68 Å². The first-order chi connectivity index (χ1) is 14.2. The smallest absolute Gasteiger partial charge is 0.191 e. The lowest BCUT2D eigenvalue weighted by molar-refractivity contribution is 0.406. The third kappa shape index (κ3) is 6.48. The van der Waals surface area contributed by atoms with Crippen LogP contribution in [0.2, 0.25) is 0 Å². The van der Waals surface area contributed by atoms with Crippen LogP contribution in [0.1, 0.15) is 24.0 Å². The summed E-state index contributed by atoms with van der Waals surface area (Å²) in [5.74, 6) is 2.03. The first-order valence-corrected chi connectivity index (χ1v) is 9.87. The number of ether oxygens (including phenoxy) is 1. The molecular formula is C23H30IN5O. The molecule has 3 rings (SSSR count). The van der Waals surface area contributed by atoms with Crippen LogP contribution in [-0.4, -0.2) is 43.0 Å². The van der Waals surface area contributed by atoms with Gasteiger partial charge in [-0.05, 0) is 41.8 Å². The summed E-state index contributed by atoms with van der Waals surface area (Å²) in [5.41, 5.74) is 3.52. The number of halogens is 1. The van der Waals surface area contributed by atoms with Gasteiger partial charge < -0.3 is 15.4 Å². The summed E-state index contributed by atoms with van der Waals surface area (Å²) in [6, 6.07) is 18.5. The molecule has 0 aliphatic heterocycles. The molecule has 6 nitrogen and oxygen atoms in total. The summed E-state index contributed by atoms with van der Waals surface area (Å²) >= 11 is 0. The van der Waals surface area contributed by atoms with Crippen molar-refractivity contribution in [3.63, 3.8) is 0 Å². The molecule has 0 spiro atoms. The van der Waals surface area contributed by atoms with Crippen molar-refractivity contribution in [1.82, 2.24) is 20.4 Å². The first-order valence-electron chi connectivity index (χ1n) is 9.87. The van der Waals surface area contributed by atoms with Crippen molar-refractivity contribution in [2.45, 2.75) is 19.3 Å². The SMILES string of the molecule is CN=C(NCCc1ccc(-n2cccn2)cc1)NCC(C)c1ccccc1OC.I. The van der Waals surface area contributed by atoms with Crippen molar-refractivity contribution < 1.29 is 4.74 Å². The highest BCUT2D eigenvalue weighted by atomic mass is 127. The van der Waals surface area contributed by atoms with E-state index in [9.17, 15) is 0 Å². The number of nitrogens with zero attached hydrogens (tertiary/aromatic N) is 3. The minimum atomic E-state index is 0. The molecular weight excluding hydrogens is 489 g/mol. The number of hydrogen-bond donors (Lipinski definition) is 2. The Morgan fingerprint density at radius 1 is 1.10 bits per heavy atom. The Hall–Kier alpha value is -2.55. The topological polar surface area (TPSA) is 63.5 Å². The summed E-state index contributed by atoms with van der Waals surface area (Å²) < 4.78 is 7.32. The zero-order valence-corrected chi connectivity index (χ0v) is 20.0. The molecule has 0 aliphatic carbocycles. The van der Waals surface area contributed by atoms with Crippen LogP contribution in [-0.2, 0) is 6.42 Å². The van der Waals surface area contributed by atoms with E-state index in [0.29, 0.717) is 5.92 Å². The van der Waals surface area contributed by atoms with Gasteiger partial charge in [-0.15, -0.1) is 24.0 Å². The molecule has 0 fully saturated rings. The number of guanidine groups is 1. The summed E-state index contributed by atoms with van der Waals surface area (Å²) in [5, 5.41) is 11.0. The average Bonchev–Trinajstić information content (AvgIpc) is 3.31. The Bertz CT molecular complexity index is 910. The molecule has 1 atom stereocenters. The Kier molecular flexibility index (Phi) is 9.66. The third-order valence-electron chi connectivity index (χ3n) is 4.88. The number of aromatic nitrogens is 2. The molecule has 3 aromatic rings. The second-order valence-corrected chi connectivity index (χ2v) is 6.89. The van der Waals surface area contributed by atoms with E-state index in [4.69, 9.17) is 4.74 Å². The monoisotopic (exact) mass is 519 g/mol. The van der Waals surface area contributed by atoms with Crippen LogP contribution >= 0.6 is 24.0 Å². The van der Waals surface area contributed by atoms with Crippen molar-refractivity contribution in [2.24, 2.45) is 4.99 Å². The normalized spacial score (nSPS) is 12.0. The van der Waals surface area contributed by atoms with Gasteiger partial charge in [0.2, 0.25) is 0 Å². The van der Waals surface area contributed by atoms with Crippen molar-refractivity contribution in [2.75, 3.05) is 27.2 Å². The second kappa shape index (κ2) is 12.2. The highest BCUT2D eigenvalue weighted by Gasteiger charge is 2.11. The Morgan fingerprint density at radius 3 is 2.53 bits per heavy atom. The van der Waals surface area contributed by atoms with Gasteiger partial charge in [0.05, 0.1) is 12.8 Å². The molecule has 1 heterocycles. The molecule has 0 bridgehead atoms. The number of rotatable bonds is 8. The van der Waals surface area contributed by atoms with Gasteiger partial charge in [0, 0.05) is 38.4 Å². The molecule has 0 saturated heterocycles. The van der Waals surface area contributed by atoms with E-state index >= 15 is 0 Å². The molecule has 1 unspecified atom stereocenters. The third-order valence-corrected chi connectivity index (χ3v) is 4.88. The fourth-order valence-electron chi connectivity index (χ4n) is 3.22. The van der Waals surface area contributed by atoms with Crippen LogP contribution < -0.4 is 15.4 Å². The number of nitrogens with one attached hydrogen (secondary N) is 2. The summed E-state index contributed by atoms with van der Waals surface area (Å²) in [7, 11) is 3.50. The number of para-hydroxylation sites is 1. The van der Waals surface area contributed by atoms with Crippen LogP contribution in [0, 0.1) is 0 Å². The van der Waals surface area contributed by atoms with E-state index < -0.39 is 0 Å². The standard InChI is InChI=1S/C23H29N5O.HI/c1-18(21-7-4-5-8-22(21)29-3)17-26-23(24-2)25-15-13-19-9-11-20(12-10-19)28-16-6-14-27-28;/h4-12,14,16,18H,13,15,17H2,1-3H3,(H2,24,25,26);1H. The highest BCUT2D eigenvalue weighted by molar-refractivity contribution is 14.0. The second-order valence-electron chi connectivity index (χ2n) is 6.89. The van der Waals surface area contributed by atoms with E-state index in [1.165, 1.54) is 11.1 Å². The van der Waals surface area contributed by atoms with Crippen molar-refractivity contribution in [3.8, 4) is 11.4 Å². The van der Waals surface area contributed by atoms with Gasteiger partial charge in [-0.1, -0.05) is 37.3 Å². The zero-order valence-electron chi connectivity index (χ0n) is 17.7. The van der Waals surface area contributed by atoms with Gasteiger partial charge in [-0.2, -0.15) is 5.10 Å². The fraction of sp³-hybridized carbons (Fsp3) is 0.304. The minimum Gasteiger partial charge on any atom is -0.496 e. The maximum Gasteiger partial charge on any atom is 0.191 e. The van der Waals surface area contributed by atoms with E-state index in [1.807, 2.05) is 35.1 Å². The minimum absolute atomic E-state index is 0. The lowest BCUT2D eigenvalue weighted by Gasteiger charge is -2.18. The molecule has 2 aromatic carbocycles. The van der Waals surface area contributed by atoms with Gasteiger partial charge in [0.25, 0.3) is 0 Å². The number of benzene rings is 2. The van der Waals surface area contributed by atoms with Gasteiger partial charge in [0.15, 0.2) is 5.96 Å². The molecule has 7 heteroatoms. The van der Waals surface area contributed by atoms with Crippen molar-refractivity contribution in [1.29, 1.82) is 0 Å². The summed E-state index contributed by atoms with van der Waals surface area (Å²) in [6.07, 6.45) is 4.64. The quantitative estimate of drug-likeness (QED) is 0.268. The van der Waals surface area contributed by atoms with Gasteiger partial charge in [0.1, 0.15) is 5.75 Å². The van der Waals surface area contributed by atoms with E-state index in [1.54, 1.807) is 20.4 Å².